The van der Waals surface area contributed by atoms with Gasteiger partial charge in [-0.05, 0) is 67.6 Å². The Bertz CT molecular complexity index is 1700. The molecule has 172 valence electrons. The second-order valence-corrected chi connectivity index (χ2v) is 9.84. The zero-order chi connectivity index (χ0) is 23.9. The standard InChI is InChI=1S/C23H18N4O5S2/c1-2-31-16-7-3-15(4-8-16)21-25-23-27(26-21)22(28)20(33-23)13-17-9-12-19(32-17)14-5-10-18(11-6-14)34(24,29)30/h3-13H,2H2,1H3,(H2,24,29,30). The molecule has 9 nitrogen and oxygen atoms in total. The summed E-state index contributed by atoms with van der Waals surface area (Å²) in [6.45, 7) is 2.50. The van der Waals surface area contributed by atoms with Gasteiger partial charge in [-0.15, -0.1) is 5.10 Å². The Morgan fingerprint density at radius 3 is 2.41 bits per heavy atom. The number of sulfonamides is 1. The highest BCUT2D eigenvalue weighted by molar-refractivity contribution is 7.89. The third-order valence-corrected chi connectivity index (χ3v) is 6.86. The van der Waals surface area contributed by atoms with Gasteiger partial charge in [-0.25, -0.2) is 13.6 Å². The number of fused-ring (bicyclic) bond motifs is 1. The van der Waals surface area contributed by atoms with E-state index < -0.39 is 10.0 Å². The number of rotatable bonds is 6. The molecule has 34 heavy (non-hydrogen) atoms. The summed E-state index contributed by atoms with van der Waals surface area (Å²) < 4.78 is 35.8. The lowest BCUT2D eigenvalue weighted by Crippen LogP contribution is -2.23. The molecule has 0 aliphatic rings. The summed E-state index contributed by atoms with van der Waals surface area (Å²) in [5.41, 5.74) is 1.17. The first kappa shape index (κ1) is 22.0. The highest BCUT2D eigenvalue weighted by atomic mass is 32.2. The van der Waals surface area contributed by atoms with Gasteiger partial charge in [0.25, 0.3) is 5.56 Å². The van der Waals surface area contributed by atoms with Gasteiger partial charge in [0.05, 0.1) is 11.5 Å². The first-order chi connectivity index (χ1) is 16.3. The molecular formula is C23H18N4O5S2. The normalized spacial score (nSPS) is 12.5. The largest absolute Gasteiger partial charge is 0.494 e. The van der Waals surface area contributed by atoms with E-state index in [1.807, 2.05) is 31.2 Å². The van der Waals surface area contributed by atoms with Crippen molar-refractivity contribution in [2.75, 3.05) is 6.61 Å². The van der Waals surface area contributed by atoms with E-state index in [-0.39, 0.29) is 10.5 Å². The van der Waals surface area contributed by atoms with Crippen molar-refractivity contribution in [3.63, 3.8) is 0 Å². The van der Waals surface area contributed by atoms with E-state index in [1.165, 1.54) is 28.0 Å². The molecule has 3 heterocycles. The number of primary sulfonamides is 1. The van der Waals surface area contributed by atoms with Crippen LogP contribution in [0.25, 0.3) is 33.7 Å². The number of thiazole rings is 1. The number of nitrogens with two attached hydrogens (primary N) is 1. The number of hydrogen-bond acceptors (Lipinski definition) is 8. The van der Waals surface area contributed by atoms with E-state index in [4.69, 9.17) is 14.3 Å². The smallest absolute Gasteiger partial charge is 0.291 e. The average Bonchev–Trinajstić information content (AvgIpc) is 3.52. The average molecular weight is 495 g/mol. The molecule has 0 bridgehead atoms. The lowest BCUT2D eigenvalue weighted by atomic mass is 10.2. The van der Waals surface area contributed by atoms with Gasteiger partial charge < -0.3 is 9.15 Å². The molecule has 0 saturated heterocycles. The molecule has 11 heteroatoms. The molecule has 0 fully saturated rings. The summed E-state index contributed by atoms with van der Waals surface area (Å²) in [6, 6.07) is 16.9. The second-order valence-electron chi connectivity index (χ2n) is 7.27. The molecule has 2 N–H and O–H groups in total. The SMILES string of the molecule is CCOc1ccc(-c2nc3sc(=Cc4ccc(-c5ccc(S(N)(=O)=O)cc5)o4)c(=O)n3n2)cc1. The number of hydrogen-bond donors (Lipinski definition) is 1. The molecule has 0 unspecified atom stereocenters. The number of aromatic nitrogens is 3. The molecule has 5 aromatic rings. The van der Waals surface area contributed by atoms with E-state index >= 15 is 0 Å². The van der Waals surface area contributed by atoms with Gasteiger partial charge in [-0.3, -0.25) is 4.79 Å². The summed E-state index contributed by atoms with van der Waals surface area (Å²) in [6.07, 6.45) is 1.63. The molecule has 3 aromatic heterocycles. The quantitative estimate of drug-likeness (QED) is 0.384. The van der Waals surface area contributed by atoms with Crippen LogP contribution in [0.15, 0.2) is 74.8 Å². The van der Waals surface area contributed by atoms with Crippen molar-refractivity contribution in [1.82, 2.24) is 14.6 Å². The Kier molecular flexibility index (Phi) is 5.52. The molecule has 0 spiro atoms. The minimum absolute atomic E-state index is 0.0182. The van der Waals surface area contributed by atoms with Crippen LogP contribution in [-0.4, -0.2) is 29.6 Å². The van der Waals surface area contributed by atoms with Gasteiger partial charge in [0.15, 0.2) is 5.82 Å². The fourth-order valence-electron chi connectivity index (χ4n) is 3.35. The van der Waals surface area contributed by atoms with E-state index in [9.17, 15) is 13.2 Å². The minimum Gasteiger partial charge on any atom is -0.494 e. The molecular weight excluding hydrogens is 476 g/mol. The van der Waals surface area contributed by atoms with Crippen molar-refractivity contribution in [3.8, 4) is 28.5 Å². The van der Waals surface area contributed by atoms with Crippen molar-refractivity contribution in [2.45, 2.75) is 11.8 Å². The molecule has 0 aliphatic carbocycles. The van der Waals surface area contributed by atoms with Crippen LogP contribution >= 0.6 is 11.3 Å². The van der Waals surface area contributed by atoms with Crippen LogP contribution in [0.5, 0.6) is 5.75 Å². The first-order valence-corrected chi connectivity index (χ1v) is 12.6. The topological polar surface area (TPSA) is 130 Å². The van der Waals surface area contributed by atoms with Crippen LogP contribution in [0.1, 0.15) is 12.7 Å². The Morgan fingerprint density at radius 2 is 1.76 bits per heavy atom. The van der Waals surface area contributed by atoms with Crippen LogP contribution in [0.3, 0.4) is 0 Å². The molecule has 0 saturated carbocycles. The second kappa shape index (κ2) is 8.52. The fraction of sp³-hybridized carbons (Fsp3) is 0.0870. The maximum absolute atomic E-state index is 12.8. The summed E-state index contributed by atoms with van der Waals surface area (Å²) >= 11 is 1.21. The predicted octanol–water partition coefficient (Wildman–Crippen LogP) is 2.67. The summed E-state index contributed by atoms with van der Waals surface area (Å²) in [4.78, 5) is 17.8. The van der Waals surface area contributed by atoms with Crippen molar-refractivity contribution < 1.29 is 17.6 Å². The third kappa shape index (κ3) is 4.23. The van der Waals surface area contributed by atoms with E-state index in [2.05, 4.69) is 10.1 Å². The molecule has 5 rings (SSSR count). The summed E-state index contributed by atoms with van der Waals surface area (Å²) in [5.74, 6) is 2.21. The molecule has 0 aliphatic heterocycles. The molecule has 2 aromatic carbocycles. The Labute approximate surface area is 197 Å². The van der Waals surface area contributed by atoms with Gasteiger partial charge in [0, 0.05) is 17.2 Å². The maximum Gasteiger partial charge on any atom is 0.291 e. The molecule has 0 atom stereocenters. The first-order valence-electron chi connectivity index (χ1n) is 10.2. The zero-order valence-corrected chi connectivity index (χ0v) is 19.5. The van der Waals surface area contributed by atoms with Gasteiger partial charge in [-0.2, -0.15) is 9.50 Å². The number of nitrogens with zero attached hydrogens (tertiary/aromatic N) is 3. The number of benzene rings is 2. The van der Waals surface area contributed by atoms with E-state index in [1.54, 1.807) is 30.3 Å². The highest BCUT2D eigenvalue weighted by Gasteiger charge is 2.13. The van der Waals surface area contributed by atoms with Crippen molar-refractivity contribution in [2.24, 2.45) is 5.14 Å². The lowest BCUT2D eigenvalue weighted by Gasteiger charge is -2.02. The van der Waals surface area contributed by atoms with Crippen molar-refractivity contribution >= 4 is 32.4 Å². The van der Waals surface area contributed by atoms with Crippen molar-refractivity contribution in [3.05, 3.63) is 81.3 Å². The third-order valence-electron chi connectivity index (χ3n) is 4.97. The summed E-state index contributed by atoms with van der Waals surface area (Å²) in [7, 11) is -3.76. The zero-order valence-electron chi connectivity index (χ0n) is 17.8. The Hall–Kier alpha value is -3.80. The molecule has 0 amide bonds. The van der Waals surface area contributed by atoms with E-state index in [0.717, 1.165) is 11.3 Å². The lowest BCUT2D eigenvalue weighted by molar-refractivity contribution is 0.340. The number of furan rings is 1. The predicted molar refractivity (Wildman–Crippen MR) is 128 cm³/mol. The van der Waals surface area contributed by atoms with Crippen LogP contribution < -0.4 is 20.0 Å². The minimum atomic E-state index is -3.76. The fourth-order valence-corrected chi connectivity index (χ4v) is 4.75. The van der Waals surface area contributed by atoms with Gasteiger partial charge in [-0.1, -0.05) is 11.3 Å². The highest BCUT2D eigenvalue weighted by Crippen LogP contribution is 2.24. The Balaban J connectivity index is 1.43. The monoisotopic (exact) mass is 494 g/mol. The number of ether oxygens (including phenoxy) is 1. The van der Waals surface area contributed by atoms with Gasteiger partial charge in [0.2, 0.25) is 15.0 Å². The van der Waals surface area contributed by atoms with Crippen LogP contribution in [0.2, 0.25) is 0 Å². The van der Waals surface area contributed by atoms with Crippen molar-refractivity contribution in [1.29, 1.82) is 0 Å². The Morgan fingerprint density at radius 1 is 1.06 bits per heavy atom. The summed E-state index contributed by atoms with van der Waals surface area (Å²) in [5, 5.41) is 9.48. The van der Waals surface area contributed by atoms with Gasteiger partial charge >= 0.3 is 0 Å². The van der Waals surface area contributed by atoms with Crippen LogP contribution in [-0.2, 0) is 10.0 Å². The van der Waals surface area contributed by atoms with Gasteiger partial charge in [0.1, 0.15) is 21.8 Å². The maximum atomic E-state index is 12.8. The van der Waals surface area contributed by atoms with Crippen LogP contribution in [0, 0.1) is 0 Å². The molecule has 0 radical (unpaired) electrons. The van der Waals surface area contributed by atoms with E-state index in [0.29, 0.717) is 39.0 Å². The van der Waals surface area contributed by atoms with Crippen LogP contribution in [0.4, 0.5) is 0 Å².